The largest absolute Gasteiger partial charge is 0.454 e. The highest BCUT2D eigenvalue weighted by atomic mass is 16.3. The molecule has 3 nitrogen and oxygen atoms in total. The van der Waals surface area contributed by atoms with Crippen LogP contribution in [0.4, 0.5) is 17.1 Å². The van der Waals surface area contributed by atoms with Crippen LogP contribution in [0.15, 0.2) is 187 Å². The van der Waals surface area contributed by atoms with Crippen LogP contribution in [-0.2, 0) is 0 Å². The molecule has 0 N–H and O–H groups in total. The molecule has 0 spiro atoms. The van der Waals surface area contributed by atoms with Crippen LogP contribution in [0.2, 0.25) is 0 Å². The molecule has 0 bridgehead atoms. The molecule has 0 saturated heterocycles. The minimum Gasteiger partial charge on any atom is -0.454 e. The Kier molecular flexibility index (Phi) is 6.49. The number of hydrogen-bond acceptors (Lipinski definition) is 3. The van der Waals surface area contributed by atoms with E-state index in [1.807, 2.05) is 18.3 Å². The average Bonchev–Trinajstić information content (AvgIpc) is 3.58. The van der Waals surface area contributed by atoms with E-state index in [1.165, 1.54) is 43.4 Å². The molecule has 2 heterocycles. The van der Waals surface area contributed by atoms with E-state index in [-0.39, 0.29) is 0 Å². The number of furan rings is 1. The van der Waals surface area contributed by atoms with Crippen LogP contribution in [0.1, 0.15) is 0 Å². The number of hydrogen-bond donors (Lipinski definition) is 0. The zero-order valence-corrected chi connectivity index (χ0v) is 27.1. The lowest BCUT2D eigenvalue weighted by Gasteiger charge is -2.26. The molecule has 50 heavy (non-hydrogen) atoms. The number of rotatable bonds is 5. The number of nitrogens with zero attached hydrogens (tertiary/aromatic N) is 2. The van der Waals surface area contributed by atoms with Gasteiger partial charge in [-0.2, -0.15) is 0 Å². The number of benzene rings is 8. The van der Waals surface area contributed by atoms with Crippen LogP contribution < -0.4 is 4.90 Å². The van der Waals surface area contributed by atoms with Gasteiger partial charge in [-0.15, -0.1) is 0 Å². The Morgan fingerprint density at radius 2 is 1.02 bits per heavy atom. The summed E-state index contributed by atoms with van der Waals surface area (Å²) in [5.74, 6) is 0. The fourth-order valence-electron chi connectivity index (χ4n) is 7.47. The summed E-state index contributed by atoms with van der Waals surface area (Å²) in [6.07, 6.45) is 1.82. The number of para-hydroxylation sites is 1. The predicted molar refractivity (Wildman–Crippen MR) is 210 cm³/mol. The second kappa shape index (κ2) is 11.5. The van der Waals surface area contributed by atoms with Crippen LogP contribution in [0, 0.1) is 0 Å². The van der Waals surface area contributed by atoms with Crippen LogP contribution in [0.5, 0.6) is 0 Å². The summed E-state index contributed by atoms with van der Waals surface area (Å²) in [6.45, 7) is 0. The van der Waals surface area contributed by atoms with Crippen molar-refractivity contribution in [3.05, 3.63) is 182 Å². The summed E-state index contributed by atoms with van der Waals surface area (Å²) in [7, 11) is 0. The van der Waals surface area contributed by atoms with Gasteiger partial charge >= 0.3 is 0 Å². The lowest BCUT2D eigenvalue weighted by molar-refractivity contribution is 0.669. The number of fused-ring (bicyclic) bond motifs is 8. The Labute approximate surface area is 289 Å². The van der Waals surface area contributed by atoms with E-state index < -0.39 is 0 Å². The summed E-state index contributed by atoms with van der Waals surface area (Å²) in [5.41, 5.74) is 10.4. The first-order valence-corrected chi connectivity index (χ1v) is 17.0. The molecule has 10 aromatic rings. The smallest absolute Gasteiger partial charge is 0.153 e. The van der Waals surface area contributed by atoms with Crippen molar-refractivity contribution in [3.63, 3.8) is 0 Å². The van der Waals surface area contributed by atoms with Gasteiger partial charge in [-0.25, -0.2) is 0 Å². The minimum absolute atomic E-state index is 0.800. The molecule has 0 atom stereocenters. The van der Waals surface area contributed by atoms with E-state index in [1.54, 1.807) is 0 Å². The molecule has 2 aromatic heterocycles. The maximum atomic E-state index is 6.32. The van der Waals surface area contributed by atoms with Gasteiger partial charge in [-0.1, -0.05) is 121 Å². The molecule has 0 radical (unpaired) electrons. The van der Waals surface area contributed by atoms with Crippen LogP contribution in [0.25, 0.3) is 76.6 Å². The van der Waals surface area contributed by atoms with Gasteiger partial charge in [0.2, 0.25) is 0 Å². The van der Waals surface area contributed by atoms with E-state index >= 15 is 0 Å². The van der Waals surface area contributed by atoms with Crippen molar-refractivity contribution < 1.29 is 4.42 Å². The highest BCUT2D eigenvalue weighted by molar-refractivity contribution is 6.17. The molecule has 0 aliphatic heterocycles. The maximum Gasteiger partial charge on any atom is 0.153 e. The number of aromatic nitrogens is 1. The van der Waals surface area contributed by atoms with Crippen molar-refractivity contribution in [1.82, 2.24) is 4.98 Å². The first kappa shape index (κ1) is 28.3. The molecule has 3 heteroatoms. The van der Waals surface area contributed by atoms with Gasteiger partial charge in [0.1, 0.15) is 11.1 Å². The molecular formula is C47H30N2O. The Morgan fingerprint density at radius 1 is 0.400 bits per heavy atom. The quantitative estimate of drug-likeness (QED) is 0.176. The Morgan fingerprint density at radius 3 is 1.82 bits per heavy atom. The molecule has 0 amide bonds. The topological polar surface area (TPSA) is 29.3 Å². The molecule has 0 aliphatic rings. The molecule has 0 saturated carbocycles. The highest BCUT2D eigenvalue weighted by Crippen LogP contribution is 2.41. The van der Waals surface area contributed by atoms with E-state index in [9.17, 15) is 0 Å². The maximum absolute atomic E-state index is 6.32. The molecule has 0 fully saturated rings. The lowest BCUT2D eigenvalue weighted by Crippen LogP contribution is -2.09. The molecule has 234 valence electrons. The summed E-state index contributed by atoms with van der Waals surface area (Å²) in [6, 6.07) is 62.8. The number of pyridine rings is 1. The van der Waals surface area contributed by atoms with Crippen molar-refractivity contribution >= 4 is 71.4 Å². The van der Waals surface area contributed by atoms with Crippen molar-refractivity contribution in [2.45, 2.75) is 0 Å². The van der Waals surface area contributed by atoms with Gasteiger partial charge in [0.05, 0.1) is 0 Å². The molecule has 0 aliphatic carbocycles. The molecule has 10 rings (SSSR count). The third-order valence-electron chi connectivity index (χ3n) is 9.91. The summed E-state index contributed by atoms with van der Waals surface area (Å²) < 4.78 is 6.32. The van der Waals surface area contributed by atoms with Gasteiger partial charge in [0.25, 0.3) is 0 Å². The van der Waals surface area contributed by atoms with Gasteiger partial charge in [-0.3, -0.25) is 4.98 Å². The molecule has 8 aromatic carbocycles. The normalized spacial score (nSPS) is 11.6. The van der Waals surface area contributed by atoms with Gasteiger partial charge in [0.15, 0.2) is 5.58 Å². The standard InChI is InChI=1S/C47H30N2O/c1-2-8-31(9-3-1)32-15-21-36(22-16-32)49(38-25-28-40-35(30-38)20-27-42-39-11-5-4-10-33(39)19-26-43(40)42)37-23-17-34(18-24-37)41-12-6-13-44-46-45(50-47(41)44)14-7-29-48-46/h1-30H. The van der Waals surface area contributed by atoms with Gasteiger partial charge in [-0.05, 0) is 104 Å². The number of anilines is 3. The average molecular weight is 639 g/mol. The second-order valence-corrected chi connectivity index (χ2v) is 12.8. The zero-order chi connectivity index (χ0) is 33.0. The highest BCUT2D eigenvalue weighted by Gasteiger charge is 2.17. The lowest BCUT2D eigenvalue weighted by atomic mass is 9.96. The van der Waals surface area contributed by atoms with Crippen LogP contribution >= 0.6 is 0 Å². The van der Waals surface area contributed by atoms with Crippen LogP contribution in [0.3, 0.4) is 0 Å². The van der Waals surface area contributed by atoms with Crippen molar-refractivity contribution in [1.29, 1.82) is 0 Å². The zero-order valence-electron chi connectivity index (χ0n) is 27.1. The fraction of sp³-hybridized carbons (Fsp3) is 0. The van der Waals surface area contributed by atoms with Crippen molar-refractivity contribution in [2.75, 3.05) is 4.90 Å². The van der Waals surface area contributed by atoms with Crippen LogP contribution in [-0.4, -0.2) is 4.98 Å². The van der Waals surface area contributed by atoms with Gasteiger partial charge in [0, 0.05) is 34.2 Å². The summed E-state index contributed by atoms with van der Waals surface area (Å²) in [4.78, 5) is 6.93. The minimum atomic E-state index is 0.800. The van der Waals surface area contributed by atoms with Gasteiger partial charge < -0.3 is 9.32 Å². The summed E-state index contributed by atoms with van der Waals surface area (Å²) in [5, 5.41) is 8.58. The van der Waals surface area contributed by atoms with E-state index in [0.717, 1.165) is 50.3 Å². The first-order chi connectivity index (χ1) is 24.8. The van der Waals surface area contributed by atoms with E-state index in [2.05, 4.69) is 174 Å². The summed E-state index contributed by atoms with van der Waals surface area (Å²) >= 11 is 0. The molecule has 0 unspecified atom stereocenters. The first-order valence-electron chi connectivity index (χ1n) is 17.0. The third-order valence-corrected chi connectivity index (χ3v) is 9.91. The predicted octanol–water partition coefficient (Wildman–Crippen LogP) is 13.2. The van der Waals surface area contributed by atoms with E-state index in [0.29, 0.717) is 0 Å². The third kappa shape index (κ3) is 4.63. The Hall–Kier alpha value is -6.71. The monoisotopic (exact) mass is 638 g/mol. The Bertz CT molecular complexity index is 2850. The van der Waals surface area contributed by atoms with Crippen molar-refractivity contribution in [2.24, 2.45) is 0 Å². The molecular weight excluding hydrogens is 609 g/mol. The fourth-order valence-corrected chi connectivity index (χ4v) is 7.47. The van der Waals surface area contributed by atoms with E-state index in [4.69, 9.17) is 4.42 Å². The second-order valence-electron chi connectivity index (χ2n) is 12.8. The van der Waals surface area contributed by atoms with Crippen molar-refractivity contribution in [3.8, 4) is 22.3 Å². The SMILES string of the molecule is c1ccc(-c2ccc(N(c3ccc(-c4cccc5c4oc4cccnc45)cc3)c3ccc4c(ccc5c6ccccc6ccc45)c3)cc2)cc1. The Balaban J connectivity index is 1.10.